The number of aryl methyl sites for hydroxylation is 1. The standard InChI is InChI=1S/C25H15BrCl3NO2S/c1-14-2-8-17(9-3-14)33(31,32)30-24-12-18(15-4-6-16(27)7-5-15)21(26)10-19(24)20-11-22(28)23(29)13-25(20)30/h2-13H,1H3. The van der Waals surface area contributed by atoms with Gasteiger partial charge in [-0.3, -0.25) is 0 Å². The van der Waals surface area contributed by atoms with Gasteiger partial charge in [-0.1, -0.05) is 80.6 Å². The molecule has 0 spiro atoms. The van der Waals surface area contributed by atoms with Crippen LogP contribution >= 0.6 is 50.7 Å². The maximum absolute atomic E-state index is 13.9. The second-order valence-electron chi connectivity index (χ2n) is 7.72. The Morgan fingerprint density at radius 2 is 1.33 bits per heavy atom. The molecule has 1 aromatic heterocycles. The van der Waals surface area contributed by atoms with Gasteiger partial charge in [0.25, 0.3) is 10.0 Å². The van der Waals surface area contributed by atoms with Crippen LogP contribution in [0.3, 0.4) is 0 Å². The van der Waals surface area contributed by atoms with E-state index in [1.54, 1.807) is 48.5 Å². The molecule has 33 heavy (non-hydrogen) atoms. The lowest BCUT2D eigenvalue weighted by atomic mass is 10.0. The van der Waals surface area contributed by atoms with Crippen LogP contribution in [-0.2, 0) is 10.0 Å². The molecule has 0 aliphatic carbocycles. The van der Waals surface area contributed by atoms with Crippen LogP contribution in [0, 0.1) is 6.92 Å². The third kappa shape index (κ3) is 3.86. The summed E-state index contributed by atoms with van der Waals surface area (Å²) >= 11 is 22.3. The maximum atomic E-state index is 13.9. The molecule has 0 N–H and O–H groups in total. The van der Waals surface area contributed by atoms with E-state index in [2.05, 4.69) is 15.9 Å². The first-order valence-corrected chi connectivity index (χ1v) is 13.2. The van der Waals surface area contributed by atoms with Crippen LogP contribution in [0.1, 0.15) is 5.56 Å². The van der Waals surface area contributed by atoms with Gasteiger partial charge in [0.1, 0.15) is 0 Å². The van der Waals surface area contributed by atoms with E-state index in [4.69, 9.17) is 34.8 Å². The van der Waals surface area contributed by atoms with Crippen molar-refractivity contribution < 1.29 is 8.42 Å². The fourth-order valence-electron chi connectivity index (χ4n) is 3.92. The minimum atomic E-state index is -3.94. The number of halogens is 4. The largest absolute Gasteiger partial charge is 0.268 e. The van der Waals surface area contributed by atoms with E-state index >= 15 is 0 Å². The Balaban J connectivity index is 1.91. The first-order chi connectivity index (χ1) is 15.7. The third-order valence-electron chi connectivity index (χ3n) is 5.57. The maximum Gasteiger partial charge on any atom is 0.268 e. The molecule has 0 saturated heterocycles. The van der Waals surface area contributed by atoms with Gasteiger partial charge in [-0.05, 0) is 66.6 Å². The van der Waals surface area contributed by atoms with Gasteiger partial charge in [-0.25, -0.2) is 12.4 Å². The van der Waals surface area contributed by atoms with Gasteiger partial charge in [0.05, 0.1) is 26.0 Å². The third-order valence-corrected chi connectivity index (χ3v) is 8.94. The topological polar surface area (TPSA) is 39.1 Å². The molecule has 166 valence electrons. The molecule has 0 aliphatic heterocycles. The van der Waals surface area contributed by atoms with E-state index in [1.807, 2.05) is 31.2 Å². The highest BCUT2D eigenvalue weighted by atomic mass is 79.9. The number of aromatic nitrogens is 1. The molecule has 0 fully saturated rings. The molecular formula is C25H15BrCl3NO2S. The normalized spacial score (nSPS) is 12.0. The van der Waals surface area contributed by atoms with E-state index in [0.29, 0.717) is 26.5 Å². The van der Waals surface area contributed by atoms with Crippen LogP contribution in [0.25, 0.3) is 32.9 Å². The second kappa shape index (κ2) is 8.33. The zero-order chi connectivity index (χ0) is 23.5. The number of fused-ring (bicyclic) bond motifs is 3. The monoisotopic (exact) mass is 577 g/mol. The highest BCUT2D eigenvalue weighted by Gasteiger charge is 2.25. The summed E-state index contributed by atoms with van der Waals surface area (Å²) < 4.78 is 29.9. The average molecular weight is 580 g/mol. The van der Waals surface area contributed by atoms with Crippen LogP contribution in [0.2, 0.25) is 15.1 Å². The zero-order valence-electron chi connectivity index (χ0n) is 17.1. The molecule has 3 nitrogen and oxygen atoms in total. The number of nitrogens with zero attached hydrogens (tertiary/aromatic N) is 1. The van der Waals surface area contributed by atoms with Crippen LogP contribution < -0.4 is 0 Å². The molecular weight excluding hydrogens is 565 g/mol. The highest BCUT2D eigenvalue weighted by molar-refractivity contribution is 9.10. The first kappa shape index (κ1) is 22.8. The lowest BCUT2D eigenvalue weighted by Gasteiger charge is -2.12. The van der Waals surface area contributed by atoms with Crippen molar-refractivity contribution in [2.45, 2.75) is 11.8 Å². The van der Waals surface area contributed by atoms with Crippen molar-refractivity contribution in [3.05, 3.63) is 97.9 Å². The van der Waals surface area contributed by atoms with Crippen LogP contribution in [0.5, 0.6) is 0 Å². The van der Waals surface area contributed by atoms with Crippen LogP contribution in [0.4, 0.5) is 0 Å². The van der Waals surface area contributed by atoms with Gasteiger partial charge >= 0.3 is 0 Å². The van der Waals surface area contributed by atoms with Crippen molar-refractivity contribution >= 4 is 82.6 Å². The lowest BCUT2D eigenvalue weighted by molar-refractivity contribution is 0.590. The Hall–Kier alpha value is -2.02. The van der Waals surface area contributed by atoms with Crippen molar-refractivity contribution in [1.29, 1.82) is 0 Å². The van der Waals surface area contributed by atoms with E-state index in [1.165, 1.54) is 3.97 Å². The van der Waals surface area contributed by atoms with Gasteiger partial charge in [0.15, 0.2) is 0 Å². The molecule has 1 heterocycles. The van der Waals surface area contributed by atoms with Gasteiger partial charge in [0, 0.05) is 20.3 Å². The molecule has 8 heteroatoms. The fraction of sp³-hybridized carbons (Fsp3) is 0.0400. The van der Waals surface area contributed by atoms with Gasteiger partial charge in [-0.15, -0.1) is 0 Å². The number of hydrogen-bond donors (Lipinski definition) is 0. The van der Waals surface area contributed by atoms with E-state index in [0.717, 1.165) is 26.5 Å². The zero-order valence-corrected chi connectivity index (χ0v) is 21.8. The van der Waals surface area contributed by atoms with Gasteiger partial charge in [0.2, 0.25) is 0 Å². The smallest absolute Gasteiger partial charge is 0.233 e. The second-order valence-corrected chi connectivity index (χ2v) is 11.6. The molecule has 5 aromatic rings. The Morgan fingerprint density at radius 3 is 2.00 bits per heavy atom. The fourth-order valence-corrected chi connectivity index (χ4v) is 6.45. The average Bonchev–Trinajstić information content (AvgIpc) is 3.07. The Morgan fingerprint density at radius 1 is 0.758 bits per heavy atom. The molecule has 4 aromatic carbocycles. The molecule has 0 atom stereocenters. The number of rotatable bonds is 3. The molecule has 0 aliphatic rings. The van der Waals surface area contributed by atoms with Crippen molar-refractivity contribution in [2.75, 3.05) is 0 Å². The Labute approximate surface area is 214 Å². The molecule has 5 rings (SSSR count). The quantitative estimate of drug-likeness (QED) is 0.214. The van der Waals surface area contributed by atoms with Crippen LogP contribution in [-0.4, -0.2) is 12.4 Å². The van der Waals surface area contributed by atoms with E-state index in [-0.39, 0.29) is 9.92 Å². The minimum absolute atomic E-state index is 0.189. The van der Waals surface area contributed by atoms with Gasteiger partial charge < -0.3 is 0 Å². The Bertz CT molecular complexity index is 1660. The summed E-state index contributed by atoms with van der Waals surface area (Å²) in [5, 5.41) is 2.69. The van der Waals surface area contributed by atoms with Gasteiger partial charge in [-0.2, -0.15) is 0 Å². The molecule has 0 saturated carbocycles. The van der Waals surface area contributed by atoms with Crippen molar-refractivity contribution in [3.8, 4) is 11.1 Å². The summed E-state index contributed by atoms with van der Waals surface area (Å²) in [6, 6.07) is 21.2. The van der Waals surface area contributed by atoms with E-state index < -0.39 is 10.0 Å². The van der Waals surface area contributed by atoms with Crippen molar-refractivity contribution in [2.24, 2.45) is 0 Å². The van der Waals surface area contributed by atoms with Crippen LogP contribution in [0.15, 0.2) is 82.2 Å². The number of hydrogen-bond acceptors (Lipinski definition) is 2. The predicted octanol–water partition coefficient (Wildman–Crippen LogP) is 8.73. The van der Waals surface area contributed by atoms with Crippen molar-refractivity contribution in [1.82, 2.24) is 3.97 Å². The summed E-state index contributed by atoms with van der Waals surface area (Å²) in [5.74, 6) is 0. The Kier molecular flexibility index (Phi) is 5.74. The molecule has 0 amide bonds. The molecule has 0 unspecified atom stereocenters. The minimum Gasteiger partial charge on any atom is -0.233 e. The highest BCUT2D eigenvalue weighted by Crippen LogP contribution is 2.41. The molecule has 0 radical (unpaired) electrons. The lowest BCUT2D eigenvalue weighted by Crippen LogP contribution is -2.12. The summed E-state index contributed by atoms with van der Waals surface area (Å²) in [7, 11) is -3.94. The SMILES string of the molecule is Cc1ccc(S(=O)(=O)n2c3cc(Cl)c(Cl)cc3c3cc(Br)c(-c4ccc(Cl)cc4)cc32)cc1. The first-order valence-electron chi connectivity index (χ1n) is 9.88. The van der Waals surface area contributed by atoms with E-state index in [9.17, 15) is 8.42 Å². The summed E-state index contributed by atoms with van der Waals surface area (Å²) in [5.41, 5.74) is 3.69. The number of benzene rings is 4. The van der Waals surface area contributed by atoms with Crippen molar-refractivity contribution in [3.63, 3.8) is 0 Å². The summed E-state index contributed by atoms with van der Waals surface area (Å²) in [4.78, 5) is 0.189. The summed E-state index contributed by atoms with van der Waals surface area (Å²) in [6.45, 7) is 1.91. The summed E-state index contributed by atoms with van der Waals surface area (Å²) in [6.07, 6.45) is 0. The molecule has 0 bridgehead atoms. The predicted molar refractivity (Wildman–Crippen MR) is 141 cm³/mol.